The molecule has 1 aromatic rings. The van der Waals surface area contributed by atoms with Gasteiger partial charge in [0.15, 0.2) is 0 Å². The maximum atomic E-state index is 12.1. The van der Waals surface area contributed by atoms with Crippen molar-refractivity contribution in [2.45, 2.75) is 26.2 Å². The molecule has 18 heavy (non-hydrogen) atoms. The molecule has 0 spiro atoms. The number of carbonyl (C=O) groups excluding carboxylic acids is 1. The van der Waals surface area contributed by atoms with Gasteiger partial charge in [-0.2, -0.15) is 0 Å². The Kier molecular flexibility index (Phi) is 4.37. The number of hydrogen-bond donors (Lipinski definition) is 2. The lowest BCUT2D eigenvalue weighted by atomic mass is 9.96. The molecule has 1 amide bonds. The third-order valence-electron chi connectivity index (χ3n) is 4.03. The summed E-state index contributed by atoms with van der Waals surface area (Å²) in [4.78, 5) is 12.1. The van der Waals surface area contributed by atoms with E-state index in [1.54, 1.807) is 0 Å². The van der Waals surface area contributed by atoms with Crippen molar-refractivity contribution in [2.75, 3.05) is 13.1 Å². The average Bonchev–Trinajstić information content (AvgIpc) is 2.84. The SMILES string of the molecule is Cc1ccccc1C(=O)NCC1CCCC1CN. The van der Waals surface area contributed by atoms with Gasteiger partial charge in [0.1, 0.15) is 0 Å². The summed E-state index contributed by atoms with van der Waals surface area (Å²) in [7, 11) is 0. The summed E-state index contributed by atoms with van der Waals surface area (Å²) in [6.45, 7) is 3.47. The van der Waals surface area contributed by atoms with Gasteiger partial charge in [0.05, 0.1) is 0 Å². The third kappa shape index (κ3) is 2.91. The van der Waals surface area contributed by atoms with E-state index < -0.39 is 0 Å². The Bertz CT molecular complexity index is 417. The van der Waals surface area contributed by atoms with E-state index in [2.05, 4.69) is 5.32 Å². The van der Waals surface area contributed by atoms with Gasteiger partial charge in [0.2, 0.25) is 0 Å². The first-order valence-corrected chi connectivity index (χ1v) is 6.76. The van der Waals surface area contributed by atoms with Crippen molar-refractivity contribution in [1.82, 2.24) is 5.32 Å². The highest BCUT2D eigenvalue weighted by molar-refractivity contribution is 5.95. The highest BCUT2D eigenvalue weighted by Crippen LogP contribution is 2.30. The van der Waals surface area contributed by atoms with Gasteiger partial charge in [-0.25, -0.2) is 0 Å². The number of hydrogen-bond acceptors (Lipinski definition) is 2. The first-order chi connectivity index (χ1) is 8.72. The fourth-order valence-electron chi connectivity index (χ4n) is 2.84. The summed E-state index contributed by atoms with van der Waals surface area (Å²) in [6.07, 6.45) is 3.64. The van der Waals surface area contributed by atoms with Crippen LogP contribution in [0.3, 0.4) is 0 Å². The lowest BCUT2D eigenvalue weighted by molar-refractivity contribution is 0.0943. The van der Waals surface area contributed by atoms with Crippen molar-refractivity contribution in [2.24, 2.45) is 17.6 Å². The Morgan fingerprint density at radius 2 is 2.06 bits per heavy atom. The van der Waals surface area contributed by atoms with Crippen LogP contribution in [0.4, 0.5) is 0 Å². The maximum absolute atomic E-state index is 12.1. The van der Waals surface area contributed by atoms with Gasteiger partial charge in [-0.3, -0.25) is 4.79 Å². The molecule has 3 heteroatoms. The van der Waals surface area contributed by atoms with Gasteiger partial charge in [-0.15, -0.1) is 0 Å². The van der Waals surface area contributed by atoms with Crippen molar-refractivity contribution in [3.05, 3.63) is 35.4 Å². The summed E-state index contributed by atoms with van der Waals surface area (Å²) >= 11 is 0. The predicted molar refractivity (Wildman–Crippen MR) is 73.4 cm³/mol. The Hall–Kier alpha value is -1.35. The molecule has 0 aromatic heterocycles. The van der Waals surface area contributed by atoms with Gasteiger partial charge >= 0.3 is 0 Å². The molecule has 1 saturated carbocycles. The van der Waals surface area contributed by atoms with E-state index >= 15 is 0 Å². The Balaban J connectivity index is 1.91. The number of nitrogens with two attached hydrogens (primary N) is 1. The molecule has 3 N–H and O–H groups in total. The molecule has 2 atom stereocenters. The number of nitrogens with one attached hydrogen (secondary N) is 1. The molecule has 1 aromatic carbocycles. The summed E-state index contributed by atoms with van der Waals surface area (Å²) in [5.74, 6) is 1.18. The van der Waals surface area contributed by atoms with Gasteiger partial charge in [0.25, 0.3) is 5.91 Å². The zero-order chi connectivity index (χ0) is 13.0. The molecular formula is C15H22N2O. The zero-order valence-electron chi connectivity index (χ0n) is 11.0. The average molecular weight is 246 g/mol. The molecule has 0 aliphatic heterocycles. The van der Waals surface area contributed by atoms with Crippen LogP contribution in [0.1, 0.15) is 35.2 Å². The number of benzene rings is 1. The molecule has 1 aliphatic rings. The van der Waals surface area contributed by atoms with E-state index in [0.29, 0.717) is 11.8 Å². The van der Waals surface area contributed by atoms with Crippen LogP contribution in [0.5, 0.6) is 0 Å². The minimum atomic E-state index is 0.0378. The van der Waals surface area contributed by atoms with Crippen LogP contribution in [0.15, 0.2) is 24.3 Å². The number of aryl methyl sites for hydroxylation is 1. The molecule has 2 rings (SSSR count). The van der Waals surface area contributed by atoms with Crippen molar-refractivity contribution in [3.63, 3.8) is 0 Å². The molecule has 0 saturated heterocycles. The van der Waals surface area contributed by atoms with Gasteiger partial charge in [-0.05, 0) is 49.8 Å². The van der Waals surface area contributed by atoms with E-state index in [-0.39, 0.29) is 5.91 Å². The number of amides is 1. The fraction of sp³-hybridized carbons (Fsp3) is 0.533. The van der Waals surface area contributed by atoms with Crippen LogP contribution in [0, 0.1) is 18.8 Å². The highest BCUT2D eigenvalue weighted by atomic mass is 16.1. The van der Waals surface area contributed by atoms with Crippen LogP contribution in [-0.4, -0.2) is 19.0 Å². The van der Waals surface area contributed by atoms with Crippen molar-refractivity contribution >= 4 is 5.91 Å². The Morgan fingerprint density at radius 1 is 1.33 bits per heavy atom. The van der Waals surface area contributed by atoms with Crippen molar-refractivity contribution < 1.29 is 4.79 Å². The fourth-order valence-corrected chi connectivity index (χ4v) is 2.84. The second kappa shape index (κ2) is 6.01. The molecule has 1 fully saturated rings. The molecule has 0 heterocycles. The molecule has 1 aliphatic carbocycles. The van der Waals surface area contributed by atoms with Crippen molar-refractivity contribution in [1.29, 1.82) is 0 Å². The molecule has 0 bridgehead atoms. The van der Waals surface area contributed by atoms with Crippen LogP contribution in [0.25, 0.3) is 0 Å². The van der Waals surface area contributed by atoms with E-state index in [1.165, 1.54) is 19.3 Å². The normalized spacial score (nSPS) is 23.0. The number of rotatable bonds is 4. The van der Waals surface area contributed by atoms with Gasteiger partial charge in [0, 0.05) is 12.1 Å². The van der Waals surface area contributed by atoms with Crippen LogP contribution in [-0.2, 0) is 0 Å². The van der Waals surface area contributed by atoms with E-state index in [0.717, 1.165) is 24.2 Å². The minimum absolute atomic E-state index is 0.0378. The lowest BCUT2D eigenvalue weighted by Gasteiger charge is -2.18. The van der Waals surface area contributed by atoms with E-state index in [4.69, 9.17) is 5.73 Å². The second-order valence-corrected chi connectivity index (χ2v) is 5.21. The standard InChI is InChI=1S/C15H22N2O/c1-11-5-2-3-8-14(11)15(18)17-10-13-7-4-6-12(13)9-16/h2-3,5,8,12-13H,4,6-7,9-10,16H2,1H3,(H,17,18). The van der Waals surface area contributed by atoms with Crippen LogP contribution in [0.2, 0.25) is 0 Å². The van der Waals surface area contributed by atoms with Crippen molar-refractivity contribution in [3.8, 4) is 0 Å². The van der Waals surface area contributed by atoms with Gasteiger partial charge < -0.3 is 11.1 Å². The van der Waals surface area contributed by atoms with E-state index in [9.17, 15) is 4.79 Å². The summed E-state index contributed by atoms with van der Waals surface area (Å²) in [5.41, 5.74) is 7.56. The largest absolute Gasteiger partial charge is 0.352 e. The lowest BCUT2D eigenvalue weighted by Crippen LogP contribution is -2.33. The zero-order valence-corrected chi connectivity index (χ0v) is 11.0. The monoisotopic (exact) mass is 246 g/mol. The topological polar surface area (TPSA) is 55.1 Å². The third-order valence-corrected chi connectivity index (χ3v) is 4.03. The molecule has 2 unspecified atom stereocenters. The second-order valence-electron chi connectivity index (χ2n) is 5.21. The summed E-state index contributed by atoms with van der Waals surface area (Å²) in [5, 5.41) is 3.05. The quantitative estimate of drug-likeness (QED) is 0.854. The van der Waals surface area contributed by atoms with Crippen LogP contribution >= 0.6 is 0 Å². The molecular weight excluding hydrogens is 224 g/mol. The number of carbonyl (C=O) groups is 1. The summed E-state index contributed by atoms with van der Waals surface area (Å²) in [6, 6.07) is 7.70. The maximum Gasteiger partial charge on any atom is 0.251 e. The molecule has 3 nitrogen and oxygen atoms in total. The Morgan fingerprint density at radius 3 is 2.78 bits per heavy atom. The van der Waals surface area contributed by atoms with Gasteiger partial charge in [-0.1, -0.05) is 24.6 Å². The summed E-state index contributed by atoms with van der Waals surface area (Å²) < 4.78 is 0. The predicted octanol–water partition coefficient (Wildman–Crippen LogP) is 2.10. The van der Waals surface area contributed by atoms with Crippen LogP contribution < -0.4 is 11.1 Å². The minimum Gasteiger partial charge on any atom is -0.352 e. The molecule has 98 valence electrons. The Labute approximate surface area is 109 Å². The first kappa shape index (κ1) is 13.1. The van der Waals surface area contributed by atoms with E-state index in [1.807, 2.05) is 31.2 Å². The first-order valence-electron chi connectivity index (χ1n) is 6.76. The molecule has 0 radical (unpaired) electrons. The highest BCUT2D eigenvalue weighted by Gasteiger charge is 2.26. The smallest absolute Gasteiger partial charge is 0.251 e.